The Labute approximate surface area is 180 Å². The second kappa shape index (κ2) is 9.48. The van der Waals surface area contributed by atoms with Gasteiger partial charge >= 0.3 is 0 Å². The Balaban J connectivity index is 1.62. The fraction of sp³-hybridized carbons (Fsp3) is 0.136. The van der Waals surface area contributed by atoms with Crippen LogP contribution in [0.2, 0.25) is 0 Å². The number of amides is 1. The van der Waals surface area contributed by atoms with Crippen molar-refractivity contribution in [2.24, 2.45) is 0 Å². The van der Waals surface area contributed by atoms with E-state index in [2.05, 4.69) is 15.4 Å². The van der Waals surface area contributed by atoms with E-state index in [1.165, 1.54) is 19.2 Å². The highest BCUT2D eigenvalue weighted by molar-refractivity contribution is 7.92. The number of hydrogen-bond acceptors (Lipinski definition) is 5. The van der Waals surface area contributed by atoms with E-state index >= 15 is 0 Å². The predicted molar refractivity (Wildman–Crippen MR) is 118 cm³/mol. The summed E-state index contributed by atoms with van der Waals surface area (Å²) in [5, 5.41) is 5.86. The maximum atomic E-state index is 13.0. The molecule has 3 aromatic rings. The third-order valence-electron chi connectivity index (χ3n) is 4.40. The number of anilines is 3. The normalized spacial score (nSPS) is 12.0. The molecule has 1 amide bonds. The topological polar surface area (TPSA) is 96.5 Å². The molecule has 7 nitrogen and oxygen atoms in total. The maximum Gasteiger partial charge on any atom is 0.261 e. The minimum atomic E-state index is -3.83. The molecule has 0 aromatic heterocycles. The van der Waals surface area contributed by atoms with Gasteiger partial charge in [-0.2, -0.15) is 0 Å². The van der Waals surface area contributed by atoms with Crippen LogP contribution in [-0.2, 0) is 14.8 Å². The molecule has 0 fully saturated rings. The first kappa shape index (κ1) is 22.1. The lowest BCUT2D eigenvalue weighted by Gasteiger charge is -2.17. The van der Waals surface area contributed by atoms with Crippen molar-refractivity contribution >= 4 is 33.0 Å². The first-order valence-electron chi connectivity index (χ1n) is 9.37. The molecule has 3 rings (SSSR count). The van der Waals surface area contributed by atoms with E-state index in [0.29, 0.717) is 22.8 Å². The molecule has 0 aliphatic heterocycles. The minimum absolute atomic E-state index is 0.0438. The zero-order chi connectivity index (χ0) is 22.4. The van der Waals surface area contributed by atoms with Crippen LogP contribution in [0.15, 0.2) is 77.7 Å². The van der Waals surface area contributed by atoms with Crippen molar-refractivity contribution in [1.29, 1.82) is 0 Å². The van der Waals surface area contributed by atoms with Crippen molar-refractivity contribution in [1.82, 2.24) is 0 Å². The number of para-hydroxylation sites is 2. The Kier molecular flexibility index (Phi) is 6.76. The highest BCUT2D eigenvalue weighted by Crippen LogP contribution is 2.24. The van der Waals surface area contributed by atoms with Gasteiger partial charge in [-0.3, -0.25) is 9.52 Å². The smallest absolute Gasteiger partial charge is 0.261 e. The molecule has 1 atom stereocenters. The molecule has 3 aromatic carbocycles. The van der Waals surface area contributed by atoms with Crippen LogP contribution in [0, 0.1) is 5.82 Å². The number of hydrogen-bond donors (Lipinski definition) is 3. The van der Waals surface area contributed by atoms with Crippen LogP contribution in [0.5, 0.6) is 5.75 Å². The summed E-state index contributed by atoms with van der Waals surface area (Å²) in [6.45, 7) is 1.70. The van der Waals surface area contributed by atoms with Gasteiger partial charge in [0, 0.05) is 11.4 Å². The van der Waals surface area contributed by atoms with E-state index in [1.54, 1.807) is 49.4 Å². The lowest BCUT2D eigenvalue weighted by molar-refractivity contribution is -0.116. The standard InChI is InChI=1S/C22H22FN3O4S/c1-15(22(27)25-20-5-3-4-6-21(20)30-2)24-17-9-11-18(12-10-17)26-31(28,29)19-13-7-16(23)8-14-19/h3-15,24,26H,1-2H3,(H,25,27)/t15-/m0/s1. The fourth-order valence-corrected chi connectivity index (χ4v) is 3.83. The summed E-state index contributed by atoms with van der Waals surface area (Å²) in [5.74, 6) is -0.218. The predicted octanol–water partition coefficient (Wildman–Crippen LogP) is 4.07. The number of carbonyl (C=O) groups is 1. The van der Waals surface area contributed by atoms with Gasteiger partial charge in [0.1, 0.15) is 17.6 Å². The third-order valence-corrected chi connectivity index (χ3v) is 5.80. The van der Waals surface area contributed by atoms with E-state index < -0.39 is 21.9 Å². The van der Waals surface area contributed by atoms with Crippen LogP contribution < -0.4 is 20.1 Å². The lowest BCUT2D eigenvalue weighted by Crippen LogP contribution is -2.32. The molecular formula is C22H22FN3O4S. The molecule has 9 heteroatoms. The van der Waals surface area contributed by atoms with Gasteiger partial charge in [0.15, 0.2) is 0 Å². The molecule has 0 aliphatic rings. The van der Waals surface area contributed by atoms with E-state index in [1.807, 2.05) is 6.07 Å². The molecule has 0 aliphatic carbocycles. The minimum Gasteiger partial charge on any atom is -0.495 e. The summed E-state index contributed by atoms with van der Waals surface area (Å²) in [5.41, 5.74) is 1.53. The van der Waals surface area contributed by atoms with E-state index in [-0.39, 0.29) is 10.8 Å². The average Bonchev–Trinajstić information content (AvgIpc) is 2.75. The van der Waals surface area contributed by atoms with Gasteiger partial charge in [0.05, 0.1) is 17.7 Å². The summed E-state index contributed by atoms with van der Waals surface area (Å²) in [6.07, 6.45) is 0. The Hall–Kier alpha value is -3.59. The molecule has 0 saturated carbocycles. The van der Waals surface area contributed by atoms with Gasteiger partial charge < -0.3 is 15.4 Å². The molecule has 3 N–H and O–H groups in total. The Morgan fingerprint density at radius 2 is 1.55 bits per heavy atom. The molecule has 0 saturated heterocycles. The highest BCUT2D eigenvalue weighted by atomic mass is 32.2. The van der Waals surface area contributed by atoms with Crippen LogP contribution in [0.1, 0.15) is 6.92 Å². The monoisotopic (exact) mass is 443 g/mol. The van der Waals surface area contributed by atoms with Crippen LogP contribution in [0.25, 0.3) is 0 Å². The van der Waals surface area contributed by atoms with E-state index in [4.69, 9.17) is 4.74 Å². The molecule has 31 heavy (non-hydrogen) atoms. The van der Waals surface area contributed by atoms with Crippen LogP contribution in [-0.4, -0.2) is 27.5 Å². The molecule has 0 bridgehead atoms. The molecule has 0 heterocycles. The van der Waals surface area contributed by atoms with Crippen molar-refractivity contribution in [3.63, 3.8) is 0 Å². The summed E-state index contributed by atoms with van der Waals surface area (Å²) in [4.78, 5) is 12.4. The first-order valence-corrected chi connectivity index (χ1v) is 10.9. The lowest BCUT2D eigenvalue weighted by atomic mass is 10.2. The number of nitrogens with one attached hydrogen (secondary N) is 3. The third kappa shape index (κ3) is 5.73. The van der Waals surface area contributed by atoms with Crippen molar-refractivity contribution in [2.45, 2.75) is 17.9 Å². The fourth-order valence-electron chi connectivity index (χ4n) is 2.77. The largest absolute Gasteiger partial charge is 0.495 e. The van der Waals surface area contributed by atoms with Crippen molar-refractivity contribution in [2.75, 3.05) is 22.5 Å². The quantitative estimate of drug-likeness (QED) is 0.488. The van der Waals surface area contributed by atoms with Crippen molar-refractivity contribution < 1.29 is 22.3 Å². The molecule has 0 unspecified atom stereocenters. The first-order chi connectivity index (χ1) is 14.8. The SMILES string of the molecule is COc1ccccc1NC(=O)[C@H](C)Nc1ccc(NS(=O)(=O)c2ccc(F)cc2)cc1. The van der Waals surface area contributed by atoms with Crippen LogP contribution in [0.4, 0.5) is 21.5 Å². The number of methoxy groups -OCH3 is 1. The number of halogens is 1. The number of rotatable bonds is 8. The average molecular weight is 444 g/mol. The van der Waals surface area contributed by atoms with Gasteiger partial charge in [-0.1, -0.05) is 12.1 Å². The second-order valence-corrected chi connectivity index (χ2v) is 8.37. The molecule has 0 radical (unpaired) electrons. The summed E-state index contributed by atoms with van der Waals surface area (Å²) >= 11 is 0. The summed E-state index contributed by atoms with van der Waals surface area (Å²) < 4.78 is 45.4. The van der Waals surface area contributed by atoms with Gasteiger partial charge in [-0.05, 0) is 67.6 Å². The van der Waals surface area contributed by atoms with E-state index in [9.17, 15) is 17.6 Å². The zero-order valence-electron chi connectivity index (χ0n) is 16.9. The maximum absolute atomic E-state index is 13.0. The van der Waals surface area contributed by atoms with Gasteiger partial charge in [-0.15, -0.1) is 0 Å². The van der Waals surface area contributed by atoms with Gasteiger partial charge in [0.2, 0.25) is 5.91 Å². The Morgan fingerprint density at radius 1 is 0.935 bits per heavy atom. The number of sulfonamides is 1. The number of ether oxygens (including phenoxy) is 1. The number of benzene rings is 3. The highest BCUT2D eigenvalue weighted by Gasteiger charge is 2.16. The number of carbonyl (C=O) groups excluding carboxylic acids is 1. The van der Waals surface area contributed by atoms with Crippen molar-refractivity contribution in [3.05, 3.63) is 78.6 Å². The summed E-state index contributed by atoms with van der Waals surface area (Å²) in [7, 11) is -2.31. The molecule has 162 valence electrons. The Morgan fingerprint density at radius 3 is 2.19 bits per heavy atom. The zero-order valence-corrected chi connectivity index (χ0v) is 17.7. The van der Waals surface area contributed by atoms with Gasteiger partial charge in [-0.25, -0.2) is 12.8 Å². The molecular weight excluding hydrogens is 421 g/mol. The van der Waals surface area contributed by atoms with Crippen molar-refractivity contribution in [3.8, 4) is 5.75 Å². The Bertz CT molecular complexity index is 1150. The van der Waals surface area contributed by atoms with Crippen LogP contribution >= 0.6 is 0 Å². The second-order valence-electron chi connectivity index (χ2n) is 6.69. The molecule has 0 spiro atoms. The van der Waals surface area contributed by atoms with E-state index in [0.717, 1.165) is 12.1 Å². The van der Waals surface area contributed by atoms with Gasteiger partial charge in [0.25, 0.3) is 10.0 Å². The summed E-state index contributed by atoms with van der Waals surface area (Å²) in [6, 6.07) is 17.5. The van der Waals surface area contributed by atoms with Crippen LogP contribution in [0.3, 0.4) is 0 Å².